The second-order valence-corrected chi connectivity index (χ2v) is 5.50. The summed E-state index contributed by atoms with van der Waals surface area (Å²) in [5, 5.41) is 0. The molecule has 0 aliphatic heterocycles. The van der Waals surface area contributed by atoms with Crippen LogP contribution in [-0.4, -0.2) is 6.04 Å². The zero-order valence-corrected chi connectivity index (χ0v) is 11.1. The predicted molar refractivity (Wildman–Crippen MR) is 71.4 cm³/mol. The Hall–Kier alpha value is -1.15. The van der Waals surface area contributed by atoms with Crippen LogP contribution in [0.2, 0.25) is 0 Å². The molecule has 94 valence electrons. The van der Waals surface area contributed by atoms with E-state index in [1.54, 1.807) is 0 Å². The van der Waals surface area contributed by atoms with E-state index in [-0.39, 0.29) is 17.3 Å². The lowest BCUT2D eigenvalue weighted by Gasteiger charge is -2.27. The molecule has 0 heterocycles. The third-order valence-electron chi connectivity index (χ3n) is 2.92. The van der Waals surface area contributed by atoms with Gasteiger partial charge in [-0.25, -0.2) is 4.39 Å². The van der Waals surface area contributed by atoms with E-state index < -0.39 is 0 Å². The van der Waals surface area contributed by atoms with E-state index in [0.717, 1.165) is 12.0 Å². The first-order valence-corrected chi connectivity index (χ1v) is 5.98. The summed E-state index contributed by atoms with van der Waals surface area (Å²) in [6.45, 7) is 8.37. The fourth-order valence-electron chi connectivity index (χ4n) is 2.10. The maximum absolute atomic E-state index is 12.9. The summed E-state index contributed by atoms with van der Waals surface area (Å²) in [5.74, 6) is -0.196. The molecule has 1 aromatic rings. The Labute approximate surface area is 104 Å². The van der Waals surface area contributed by atoms with Crippen LogP contribution in [0, 0.1) is 5.82 Å². The van der Waals surface area contributed by atoms with Crippen LogP contribution in [0.5, 0.6) is 0 Å². The molecule has 0 spiro atoms. The molecule has 2 heteroatoms. The van der Waals surface area contributed by atoms with Gasteiger partial charge in [-0.05, 0) is 43.4 Å². The maximum atomic E-state index is 12.9. The van der Waals surface area contributed by atoms with Crippen molar-refractivity contribution in [3.63, 3.8) is 0 Å². The topological polar surface area (TPSA) is 26.0 Å². The first-order valence-electron chi connectivity index (χ1n) is 5.98. The third-order valence-corrected chi connectivity index (χ3v) is 2.92. The van der Waals surface area contributed by atoms with E-state index in [4.69, 9.17) is 5.73 Å². The second kappa shape index (κ2) is 5.46. The molecule has 0 aliphatic carbocycles. The first kappa shape index (κ1) is 13.9. The Morgan fingerprint density at radius 2 is 1.82 bits per heavy atom. The minimum absolute atomic E-state index is 0.0417. The summed E-state index contributed by atoms with van der Waals surface area (Å²) in [7, 11) is 0. The lowest BCUT2D eigenvalue weighted by Crippen LogP contribution is -2.29. The van der Waals surface area contributed by atoms with Crippen LogP contribution in [0.4, 0.5) is 4.39 Å². The molecule has 0 radical (unpaired) electrons. The second-order valence-electron chi connectivity index (χ2n) is 5.50. The molecule has 1 unspecified atom stereocenters. The standard InChI is InChI=1S/C15H22FN/c1-11(2)9-14(17)10-15(3,4)12-5-7-13(16)8-6-12/h5-9,14H,10,17H2,1-4H3. The highest BCUT2D eigenvalue weighted by molar-refractivity contribution is 5.25. The van der Waals surface area contributed by atoms with Crippen LogP contribution in [0.1, 0.15) is 39.7 Å². The zero-order chi connectivity index (χ0) is 13.1. The van der Waals surface area contributed by atoms with Gasteiger partial charge in [0.1, 0.15) is 5.82 Å². The highest BCUT2D eigenvalue weighted by Crippen LogP contribution is 2.28. The molecule has 17 heavy (non-hydrogen) atoms. The lowest BCUT2D eigenvalue weighted by molar-refractivity contribution is 0.453. The Kier molecular flexibility index (Phi) is 4.47. The van der Waals surface area contributed by atoms with Gasteiger partial charge in [-0.1, -0.05) is 37.6 Å². The van der Waals surface area contributed by atoms with Crippen molar-refractivity contribution in [1.29, 1.82) is 0 Å². The first-order chi connectivity index (χ1) is 7.81. The third kappa shape index (κ3) is 4.31. The number of hydrogen-bond acceptors (Lipinski definition) is 1. The van der Waals surface area contributed by atoms with Crippen LogP contribution in [-0.2, 0) is 5.41 Å². The number of allylic oxidation sites excluding steroid dienone is 1. The van der Waals surface area contributed by atoms with E-state index in [2.05, 4.69) is 19.9 Å². The van der Waals surface area contributed by atoms with Gasteiger partial charge in [0.15, 0.2) is 0 Å². The number of nitrogens with two attached hydrogens (primary N) is 1. The molecule has 0 aromatic heterocycles. The van der Waals surface area contributed by atoms with Crippen molar-refractivity contribution in [1.82, 2.24) is 0 Å². The van der Waals surface area contributed by atoms with Gasteiger partial charge < -0.3 is 5.73 Å². The van der Waals surface area contributed by atoms with Crippen LogP contribution >= 0.6 is 0 Å². The zero-order valence-electron chi connectivity index (χ0n) is 11.1. The van der Waals surface area contributed by atoms with Gasteiger partial charge in [-0.2, -0.15) is 0 Å². The van der Waals surface area contributed by atoms with E-state index in [1.165, 1.54) is 17.7 Å². The number of benzene rings is 1. The number of halogens is 1. The maximum Gasteiger partial charge on any atom is 0.123 e. The van der Waals surface area contributed by atoms with Gasteiger partial charge in [-0.15, -0.1) is 0 Å². The van der Waals surface area contributed by atoms with Crippen molar-refractivity contribution in [3.05, 3.63) is 47.3 Å². The molecular formula is C15H22FN. The van der Waals surface area contributed by atoms with Gasteiger partial charge in [-0.3, -0.25) is 0 Å². The Balaban J connectivity index is 2.81. The van der Waals surface area contributed by atoms with Crippen LogP contribution in [0.3, 0.4) is 0 Å². The molecule has 0 bridgehead atoms. The minimum Gasteiger partial charge on any atom is -0.324 e. The molecule has 0 saturated carbocycles. The van der Waals surface area contributed by atoms with E-state index >= 15 is 0 Å². The van der Waals surface area contributed by atoms with E-state index in [9.17, 15) is 4.39 Å². The Morgan fingerprint density at radius 3 is 2.29 bits per heavy atom. The summed E-state index contributed by atoms with van der Waals surface area (Å²) < 4.78 is 12.9. The van der Waals surface area contributed by atoms with Crippen LogP contribution in [0.25, 0.3) is 0 Å². The Morgan fingerprint density at radius 1 is 1.29 bits per heavy atom. The van der Waals surface area contributed by atoms with Crippen molar-refractivity contribution < 1.29 is 4.39 Å². The van der Waals surface area contributed by atoms with Gasteiger partial charge in [0.2, 0.25) is 0 Å². The Bertz CT molecular complexity index is 386. The average Bonchev–Trinajstić information content (AvgIpc) is 2.15. The molecule has 0 fully saturated rings. The smallest absolute Gasteiger partial charge is 0.123 e. The van der Waals surface area contributed by atoms with Crippen molar-refractivity contribution in [2.24, 2.45) is 5.73 Å². The van der Waals surface area contributed by atoms with Crippen LogP contribution in [0.15, 0.2) is 35.9 Å². The fraction of sp³-hybridized carbons (Fsp3) is 0.467. The molecule has 1 nitrogen and oxygen atoms in total. The lowest BCUT2D eigenvalue weighted by atomic mass is 9.79. The largest absolute Gasteiger partial charge is 0.324 e. The summed E-state index contributed by atoms with van der Waals surface area (Å²) in [5.41, 5.74) is 8.39. The normalized spacial score (nSPS) is 13.3. The van der Waals surface area contributed by atoms with E-state index in [0.29, 0.717) is 0 Å². The molecule has 0 amide bonds. The quantitative estimate of drug-likeness (QED) is 0.789. The van der Waals surface area contributed by atoms with Crippen molar-refractivity contribution in [2.75, 3.05) is 0 Å². The minimum atomic E-state index is -0.196. The van der Waals surface area contributed by atoms with Crippen molar-refractivity contribution >= 4 is 0 Å². The highest BCUT2D eigenvalue weighted by atomic mass is 19.1. The highest BCUT2D eigenvalue weighted by Gasteiger charge is 2.22. The summed E-state index contributed by atoms with van der Waals surface area (Å²) in [4.78, 5) is 0. The van der Waals surface area contributed by atoms with Gasteiger partial charge in [0.05, 0.1) is 0 Å². The summed E-state index contributed by atoms with van der Waals surface area (Å²) in [6.07, 6.45) is 2.93. The molecule has 1 atom stereocenters. The van der Waals surface area contributed by atoms with Gasteiger partial charge in [0.25, 0.3) is 0 Å². The van der Waals surface area contributed by atoms with Crippen molar-refractivity contribution in [3.8, 4) is 0 Å². The van der Waals surface area contributed by atoms with Crippen molar-refractivity contribution in [2.45, 2.75) is 45.6 Å². The summed E-state index contributed by atoms with van der Waals surface area (Å²) in [6, 6.07) is 6.72. The monoisotopic (exact) mass is 235 g/mol. The van der Waals surface area contributed by atoms with Crippen LogP contribution < -0.4 is 5.73 Å². The van der Waals surface area contributed by atoms with E-state index in [1.807, 2.05) is 26.0 Å². The summed E-state index contributed by atoms with van der Waals surface area (Å²) >= 11 is 0. The number of hydrogen-bond donors (Lipinski definition) is 1. The van der Waals surface area contributed by atoms with Gasteiger partial charge >= 0.3 is 0 Å². The number of rotatable bonds is 4. The predicted octanol–water partition coefficient (Wildman–Crippen LogP) is 3.79. The SMILES string of the molecule is CC(C)=CC(N)CC(C)(C)c1ccc(F)cc1. The fourth-order valence-corrected chi connectivity index (χ4v) is 2.10. The molecular weight excluding hydrogens is 213 g/mol. The molecule has 0 aliphatic rings. The molecule has 1 rings (SSSR count). The molecule has 2 N–H and O–H groups in total. The molecule has 1 aromatic carbocycles. The van der Waals surface area contributed by atoms with Gasteiger partial charge in [0, 0.05) is 6.04 Å². The molecule has 0 saturated heterocycles. The average molecular weight is 235 g/mol.